The third kappa shape index (κ3) is 3.98. The highest BCUT2D eigenvalue weighted by molar-refractivity contribution is 6.30. The molecule has 2 N–H and O–H groups in total. The summed E-state index contributed by atoms with van der Waals surface area (Å²) in [4.78, 5) is 19.5. The minimum absolute atomic E-state index is 0.0925. The van der Waals surface area contributed by atoms with Crippen LogP contribution in [0.2, 0.25) is 5.02 Å². The number of benzene rings is 1. The van der Waals surface area contributed by atoms with Crippen LogP contribution in [0.3, 0.4) is 0 Å². The zero-order chi connectivity index (χ0) is 18.6. The Labute approximate surface area is 153 Å². The number of aryl methyl sites for hydroxylation is 1. The maximum absolute atomic E-state index is 11.6. The number of aliphatic carboxylic acids is 1. The quantitative estimate of drug-likeness (QED) is 0.653. The molecule has 0 bridgehead atoms. The number of rotatable bonds is 7. The molecule has 0 aliphatic carbocycles. The summed E-state index contributed by atoms with van der Waals surface area (Å²) in [7, 11) is 0. The first kappa shape index (κ1) is 17.8. The molecule has 2 aromatic heterocycles. The molecule has 0 aliphatic heterocycles. The van der Waals surface area contributed by atoms with Gasteiger partial charge in [-0.25, -0.2) is 14.8 Å². The fourth-order valence-corrected chi connectivity index (χ4v) is 2.43. The number of pyridine rings is 1. The van der Waals surface area contributed by atoms with Crippen LogP contribution in [-0.4, -0.2) is 35.9 Å². The number of aliphatic hydroxyl groups is 1. The van der Waals surface area contributed by atoms with Gasteiger partial charge in [0.05, 0.1) is 0 Å². The van der Waals surface area contributed by atoms with Crippen LogP contribution in [0.15, 0.2) is 55.2 Å². The summed E-state index contributed by atoms with van der Waals surface area (Å²) < 4.78 is 7.00. The maximum Gasteiger partial charge on any atom is 0.340 e. The molecule has 1 atom stereocenters. The molecule has 1 unspecified atom stereocenters. The molecule has 2 heterocycles. The minimum atomic E-state index is -2.10. The second kappa shape index (κ2) is 7.51. The van der Waals surface area contributed by atoms with Crippen molar-refractivity contribution in [2.24, 2.45) is 0 Å². The fourth-order valence-electron chi connectivity index (χ4n) is 2.31. The topological polar surface area (TPSA) is 110 Å². The molecule has 3 aromatic rings. The van der Waals surface area contributed by atoms with Gasteiger partial charge in [-0.1, -0.05) is 11.6 Å². The van der Waals surface area contributed by atoms with Crippen molar-refractivity contribution in [1.29, 1.82) is 0 Å². The predicted molar refractivity (Wildman–Crippen MR) is 91.9 cm³/mol. The van der Waals surface area contributed by atoms with E-state index in [4.69, 9.17) is 16.3 Å². The largest absolute Gasteiger partial charge is 0.479 e. The van der Waals surface area contributed by atoms with Gasteiger partial charge in [0.2, 0.25) is 5.88 Å². The summed E-state index contributed by atoms with van der Waals surface area (Å²) in [6.45, 7) is 0.186. The molecule has 0 spiro atoms. The van der Waals surface area contributed by atoms with Gasteiger partial charge in [0.25, 0.3) is 0 Å². The van der Waals surface area contributed by atoms with Crippen molar-refractivity contribution in [2.75, 3.05) is 0 Å². The number of aromatic nitrogens is 4. The van der Waals surface area contributed by atoms with Crippen molar-refractivity contribution < 1.29 is 19.7 Å². The lowest BCUT2D eigenvalue weighted by molar-refractivity contribution is -0.161. The zero-order valence-corrected chi connectivity index (χ0v) is 14.2. The Balaban J connectivity index is 1.75. The summed E-state index contributed by atoms with van der Waals surface area (Å²) in [5.41, 5.74) is -1.95. The highest BCUT2D eigenvalue weighted by atomic mass is 35.5. The minimum Gasteiger partial charge on any atom is -0.479 e. The Bertz CT molecular complexity index is 869. The molecule has 0 saturated carbocycles. The van der Waals surface area contributed by atoms with Crippen LogP contribution < -0.4 is 4.74 Å². The number of hydrogen-bond acceptors (Lipinski definition) is 6. The summed E-state index contributed by atoms with van der Waals surface area (Å²) in [5, 5.41) is 24.6. The van der Waals surface area contributed by atoms with Gasteiger partial charge < -0.3 is 14.9 Å². The number of hydrogen-bond donors (Lipinski definition) is 2. The Morgan fingerprint density at radius 3 is 2.58 bits per heavy atom. The lowest BCUT2D eigenvalue weighted by Crippen LogP contribution is -2.37. The lowest BCUT2D eigenvalue weighted by atomic mass is 9.92. The third-order valence-electron chi connectivity index (χ3n) is 3.77. The number of carbonyl (C=O) groups is 1. The van der Waals surface area contributed by atoms with Gasteiger partial charge in [0.15, 0.2) is 5.60 Å². The van der Waals surface area contributed by atoms with Crippen LogP contribution in [0.5, 0.6) is 11.6 Å². The van der Waals surface area contributed by atoms with Gasteiger partial charge in [-0.05, 0) is 30.3 Å². The van der Waals surface area contributed by atoms with Crippen molar-refractivity contribution in [3.8, 4) is 11.6 Å². The van der Waals surface area contributed by atoms with Crippen LogP contribution >= 0.6 is 11.6 Å². The summed E-state index contributed by atoms with van der Waals surface area (Å²) in [6, 6.07) is 9.69. The summed E-state index contributed by atoms with van der Waals surface area (Å²) in [6.07, 6.45) is 3.97. The number of carboxylic acid groups (broad SMARTS) is 1. The predicted octanol–water partition coefficient (Wildman–Crippen LogP) is 2.48. The lowest BCUT2D eigenvalue weighted by Gasteiger charge is -2.23. The third-order valence-corrected chi connectivity index (χ3v) is 4.03. The van der Waals surface area contributed by atoms with E-state index < -0.39 is 11.6 Å². The first-order chi connectivity index (χ1) is 12.5. The van der Waals surface area contributed by atoms with Crippen LogP contribution in [-0.2, 0) is 16.9 Å². The van der Waals surface area contributed by atoms with E-state index in [1.165, 1.54) is 35.7 Å². The first-order valence-corrected chi connectivity index (χ1v) is 8.03. The van der Waals surface area contributed by atoms with E-state index in [1.807, 2.05) is 0 Å². The van der Waals surface area contributed by atoms with E-state index in [2.05, 4.69) is 15.1 Å². The molecule has 0 saturated heterocycles. The van der Waals surface area contributed by atoms with Gasteiger partial charge in [-0.15, -0.1) is 0 Å². The van der Waals surface area contributed by atoms with E-state index in [1.54, 1.807) is 24.3 Å². The van der Waals surface area contributed by atoms with Gasteiger partial charge in [0, 0.05) is 35.8 Å². The van der Waals surface area contributed by atoms with E-state index >= 15 is 0 Å². The smallest absolute Gasteiger partial charge is 0.340 e. The molecule has 0 amide bonds. The van der Waals surface area contributed by atoms with Crippen LogP contribution in [0, 0.1) is 0 Å². The van der Waals surface area contributed by atoms with Crippen LogP contribution in [0.25, 0.3) is 0 Å². The van der Waals surface area contributed by atoms with E-state index in [9.17, 15) is 15.0 Å². The first-order valence-electron chi connectivity index (χ1n) is 7.65. The van der Waals surface area contributed by atoms with Crippen molar-refractivity contribution in [1.82, 2.24) is 19.7 Å². The Morgan fingerprint density at radius 1 is 1.23 bits per heavy atom. The second-order valence-corrected chi connectivity index (χ2v) is 5.95. The van der Waals surface area contributed by atoms with Gasteiger partial charge in [-0.2, -0.15) is 5.10 Å². The number of carboxylic acids is 1. The summed E-state index contributed by atoms with van der Waals surface area (Å²) in [5.74, 6) is -0.569. The Morgan fingerprint density at radius 2 is 2.00 bits per heavy atom. The number of ether oxygens (including phenoxy) is 1. The van der Waals surface area contributed by atoms with Crippen molar-refractivity contribution in [3.05, 3.63) is 65.8 Å². The van der Waals surface area contributed by atoms with E-state index in [-0.39, 0.29) is 24.4 Å². The SMILES string of the molecule is O=C(O)C(O)(CCn1cncn1)c1ccc(Oc2ccc(Cl)cc2)nc1. The molecule has 0 aliphatic rings. The maximum atomic E-state index is 11.6. The van der Waals surface area contributed by atoms with Crippen LogP contribution in [0.1, 0.15) is 12.0 Å². The molecular weight excluding hydrogens is 360 g/mol. The average molecular weight is 375 g/mol. The van der Waals surface area contributed by atoms with E-state index in [0.717, 1.165) is 0 Å². The van der Waals surface area contributed by atoms with Crippen molar-refractivity contribution in [2.45, 2.75) is 18.6 Å². The van der Waals surface area contributed by atoms with E-state index in [0.29, 0.717) is 10.8 Å². The molecule has 26 heavy (non-hydrogen) atoms. The highest BCUT2D eigenvalue weighted by Crippen LogP contribution is 2.28. The fraction of sp³-hybridized carbons (Fsp3) is 0.176. The Kier molecular flexibility index (Phi) is 5.15. The zero-order valence-electron chi connectivity index (χ0n) is 13.5. The van der Waals surface area contributed by atoms with Gasteiger partial charge in [-0.3, -0.25) is 4.68 Å². The molecule has 3 rings (SSSR count). The molecule has 0 fully saturated rings. The van der Waals surface area contributed by atoms with Crippen molar-refractivity contribution >= 4 is 17.6 Å². The molecule has 134 valence electrons. The molecular formula is C17H15ClN4O4. The van der Waals surface area contributed by atoms with Gasteiger partial charge >= 0.3 is 5.97 Å². The normalized spacial score (nSPS) is 13.2. The molecule has 8 nitrogen and oxygen atoms in total. The molecule has 1 aromatic carbocycles. The number of halogens is 1. The highest BCUT2D eigenvalue weighted by Gasteiger charge is 2.38. The van der Waals surface area contributed by atoms with Crippen LogP contribution in [0.4, 0.5) is 0 Å². The summed E-state index contributed by atoms with van der Waals surface area (Å²) >= 11 is 5.82. The molecule has 0 radical (unpaired) electrons. The standard InChI is InChI=1S/C17H15ClN4O4/c18-13-2-4-14(5-3-13)26-15-6-1-12(9-20-15)17(25,16(23)24)7-8-22-11-19-10-21-22/h1-6,9-11,25H,7-8H2,(H,23,24). The monoisotopic (exact) mass is 374 g/mol. The van der Waals surface area contributed by atoms with Gasteiger partial charge in [0.1, 0.15) is 18.4 Å². The second-order valence-electron chi connectivity index (χ2n) is 5.52. The average Bonchev–Trinajstić information content (AvgIpc) is 3.16. The Hall–Kier alpha value is -2.97. The molecule has 9 heteroatoms. The number of nitrogens with zero attached hydrogens (tertiary/aromatic N) is 4. The van der Waals surface area contributed by atoms with Crippen molar-refractivity contribution in [3.63, 3.8) is 0 Å².